The van der Waals surface area contributed by atoms with Crippen LogP contribution in [-0.4, -0.2) is 10.8 Å². The van der Waals surface area contributed by atoms with Crippen LogP contribution in [0.4, 0.5) is 0 Å². The Morgan fingerprint density at radius 1 is 1.33 bits per heavy atom. The normalized spacial score (nSPS) is 9.42. The standard InChI is InChI=1S/C7H4ClNO3/c8-6-3-1-5(2-4-6)7(10)9(11)12/h1-4H. The van der Waals surface area contributed by atoms with Gasteiger partial charge in [0, 0.05) is 5.02 Å². The van der Waals surface area contributed by atoms with Crippen molar-refractivity contribution >= 4 is 17.5 Å². The Balaban J connectivity index is 2.98. The molecular weight excluding hydrogens is 182 g/mol. The molecule has 0 N–H and O–H groups in total. The summed E-state index contributed by atoms with van der Waals surface area (Å²) in [7, 11) is 0. The molecule has 0 atom stereocenters. The lowest BCUT2D eigenvalue weighted by molar-refractivity contribution is -0.375. The number of hydrogen-bond acceptors (Lipinski definition) is 3. The van der Waals surface area contributed by atoms with Gasteiger partial charge < -0.3 is 0 Å². The van der Waals surface area contributed by atoms with Crippen LogP contribution in [0.1, 0.15) is 10.4 Å². The van der Waals surface area contributed by atoms with E-state index in [2.05, 4.69) is 0 Å². The smallest absolute Gasteiger partial charge is 0.255 e. The van der Waals surface area contributed by atoms with Crippen LogP contribution in [-0.2, 0) is 0 Å². The topological polar surface area (TPSA) is 60.2 Å². The molecule has 4 nitrogen and oxygen atoms in total. The summed E-state index contributed by atoms with van der Waals surface area (Å²) in [5.41, 5.74) is 0.0319. The van der Waals surface area contributed by atoms with Gasteiger partial charge in [-0.05, 0) is 24.3 Å². The number of carbonyl (C=O) groups excluding carboxylic acids is 1. The van der Waals surface area contributed by atoms with Crippen LogP contribution in [0, 0.1) is 10.1 Å². The van der Waals surface area contributed by atoms with E-state index in [1.807, 2.05) is 0 Å². The van der Waals surface area contributed by atoms with E-state index in [1.165, 1.54) is 24.3 Å². The Morgan fingerprint density at radius 3 is 2.25 bits per heavy atom. The molecule has 0 radical (unpaired) electrons. The van der Waals surface area contributed by atoms with E-state index in [-0.39, 0.29) is 5.56 Å². The summed E-state index contributed by atoms with van der Waals surface area (Å²) in [6.07, 6.45) is 0. The molecule has 62 valence electrons. The molecule has 12 heavy (non-hydrogen) atoms. The summed E-state index contributed by atoms with van der Waals surface area (Å²) < 4.78 is 0. The molecule has 0 fully saturated rings. The third-order valence-electron chi connectivity index (χ3n) is 1.26. The summed E-state index contributed by atoms with van der Waals surface area (Å²) in [5, 5.41) is 10.4. The van der Waals surface area contributed by atoms with Gasteiger partial charge in [0.15, 0.2) is 0 Å². The van der Waals surface area contributed by atoms with Gasteiger partial charge in [-0.1, -0.05) is 11.6 Å². The van der Waals surface area contributed by atoms with Crippen molar-refractivity contribution in [3.63, 3.8) is 0 Å². The summed E-state index contributed by atoms with van der Waals surface area (Å²) in [4.78, 5) is 19.8. The maximum absolute atomic E-state index is 10.7. The molecule has 0 saturated carbocycles. The molecule has 1 rings (SSSR count). The molecule has 5 heteroatoms. The molecule has 0 saturated heterocycles. The van der Waals surface area contributed by atoms with Gasteiger partial charge in [-0.2, -0.15) is 0 Å². The lowest BCUT2D eigenvalue weighted by Crippen LogP contribution is -2.10. The van der Waals surface area contributed by atoms with Gasteiger partial charge in [-0.25, -0.2) is 4.79 Å². The van der Waals surface area contributed by atoms with Crippen LogP contribution < -0.4 is 0 Å². The highest BCUT2D eigenvalue weighted by Gasteiger charge is 2.16. The van der Waals surface area contributed by atoms with Crippen molar-refractivity contribution in [1.29, 1.82) is 0 Å². The minimum absolute atomic E-state index is 0.0319. The molecule has 0 spiro atoms. The molecule has 0 unspecified atom stereocenters. The lowest BCUT2D eigenvalue weighted by atomic mass is 10.2. The Bertz CT molecular complexity index is 320. The number of nitrogens with zero attached hydrogens (tertiary/aromatic N) is 1. The molecule has 1 aromatic carbocycles. The number of nitro groups is 1. The van der Waals surface area contributed by atoms with Crippen LogP contribution in [0.2, 0.25) is 5.02 Å². The van der Waals surface area contributed by atoms with Gasteiger partial charge in [0.05, 0.1) is 5.56 Å². The zero-order chi connectivity index (χ0) is 9.14. The van der Waals surface area contributed by atoms with Crippen LogP contribution in [0.25, 0.3) is 0 Å². The first-order chi connectivity index (χ1) is 5.61. The van der Waals surface area contributed by atoms with Gasteiger partial charge in [-0.15, -0.1) is 0 Å². The number of carbonyl (C=O) groups is 1. The largest absolute Gasteiger partial charge is 0.476 e. The van der Waals surface area contributed by atoms with Gasteiger partial charge in [0.25, 0.3) is 0 Å². The third kappa shape index (κ3) is 1.79. The first-order valence-corrected chi connectivity index (χ1v) is 3.43. The summed E-state index contributed by atoms with van der Waals surface area (Å²) in [6, 6.07) is 5.48. The fourth-order valence-corrected chi connectivity index (χ4v) is 0.824. The van der Waals surface area contributed by atoms with E-state index < -0.39 is 10.8 Å². The van der Waals surface area contributed by atoms with Crippen molar-refractivity contribution in [2.24, 2.45) is 0 Å². The molecule has 1 amide bonds. The Kier molecular flexibility index (Phi) is 2.40. The summed E-state index contributed by atoms with van der Waals surface area (Å²) in [6.45, 7) is 0. The van der Waals surface area contributed by atoms with Crippen molar-refractivity contribution in [1.82, 2.24) is 0 Å². The van der Waals surface area contributed by atoms with E-state index in [0.717, 1.165) is 0 Å². The average molecular weight is 186 g/mol. The van der Waals surface area contributed by atoms with Crippen LogP contribution >= 0.6 is 11.6 Å². The van der Waals surface area contributed by atoms with Crippen molar-refractivity contribution < 1.29 is 9.72 Å². The number of benzene rings is 1. The average Bonchev–Trinajstić information content (AvgIpc) is 2.04. The van der Waals surface area contributed by atoms with Crippen molar-refractivity contribution in [3.8, 4) is 0 Å². The van der Waals surface area contributed by atoms with Crippen LogP contribution in [0.3, 0.4) is 0 Å². The lowest BCUT2D eigenvalue weighted by Gasteiger charge is -1.91. The molecule has 0 aliphatic carbocycles. The van der Waals surface area contributed by atoms with Crippen molar-refractivity contribution in [2.45, 2.75) is 0 Å². The van der Waals surface area contributed by atoms with Crippen LogP contribution in [0.5, 0.6) is 0 Å². The zero-order valence-corrected chi connectivity index (χ0v) is 6.62. The second-order valence-corrected chi connectivity index (χ2v) is 2.51. The van der Waals surface area contributed by atoms with Crippen LogP contribution in [0.15, 0.2) is 24.3 Å². The van der Waals surface area contributed by atoms with E-state index in [1.54, 1.807) is 0 Å². The summed E-state index contributed by atoms with van der Waals surface area (Å²) >= 11 is 5.51. The molecule has 0 aliphatic rings. The Hall–Kier alpha value is -1.42. The quantitative estimate of drug-likeness (QED) is 0.495. The maximum atomic E-state index is 10.7. The third-order valence-corrected chi connectivity index (χ3v) is 1.51. The second kappa shape index (κ2) is 3.32. The number of amides is 1. The number of rotatable bonds is 1. The number of hydrogen-bond donors (Lipinski definition) is 0. The fraction of sp³-hybridized carbons (Fsp3) is 0. The van der Waals surface area contributed by atoms with Gasteiger partial charge in [0.2, 0.25) is 0 Å². The monoisotopic (exact) mass is 185 g/mol. The minimum Gasteiger partial charge on any atom is -0.255 e. The molecule has 0 aromatic heterocycles. The molecule has 0 bridgehead atoms. The molecule has 1 aromatic rings. The van der Waals surface area contributed by atoms with Crippen molar-refractivity contribution in [2.75, 3.05) is 0 Å². The zero-order valence-electron chi connectivity index (χ0n) is 5.86. The predicted octanol–water partition coefficient (Wildman–Crippen LogP) is 1.76. The fourth-order valence-electron chi connectivity index (χ4n) is 0.698. The van der Waals surface area contributed by atoms with E-state index in [9.17, 15) is 14.9 Å². The van der Waals surface area contributed by atoms with E-state index >= 15 is 0 Å². The minimum atomic E-state index is -1.12. The number of halogens is 1. The molecule has 0 aliphatic heterocycles. The predicted molar refractivity (Wildman–Crippen MR) is 42.8 cm³/mol. The maximum Gasteiger partial charge on any atom is 0.476 e. The summed E-state index contributed by atoms with van der Waals surface area (Å²) in [5.74, 6) is -1.12. The van der Waals surface area contributed by atoms with Gasteiger partial charge in [0.1, 0.15) is 4.92 Å². The van der Waals surface area contributed by atoms with E-state index in [0.29, 0.717) is 5.02 Å². The van der Waals surface area contributed by atoms with Gasteiger partial charge in [-0.3, -0.25) is 10.1 Å². The first kappa shape index (κ1) is 8.67. The SMILES string of the molecule is O=C(c1ccc(Cl)cc1)[N+](=O)[O-]. The Morgan fingerprint density at radius 2 is 1.83 bits per heavy atom. The highest BCUT2D eigenvalue weighted by Crippen LogP contribution is 2.09. The highest BCUT2D eigenvalue weighted by molar-refractivity contribution is 6.30. The molecular formula is C7H4ClNO3. The van der Waals surface area contributed by atoms with Crippen molar-refractivity contribution in [3.05, 3.63) is 45.0 Å². The Labute approximate surface area is 72.9 Å². The van der Waals surface area contributed by atoms with Gasteiger partial charge >= 0.3 is 5.91 Å². The highest BCUT2D eigenvalue weighted by atomic mass is 35.5. The first-order valence-electron chi connectivity index (χ1n) is 3.05. The van der Waals surface area contributed by atoms with E-state index in [4.69, 9.17) is 11.6 Å². The molecule has 0 heterocycles. The second-order valence-electron chi connectivity index (χ2n) is 2.07.